The maximum Gasteiger partial charge on any atom is 0.134 e. The van der Waals surface area contributed by atoms with E-state index in [1.54, 1.807) is 10.9 Å². The average Bonchev–Trinajstić information content (AvgIpc) is 2.93. The first-order chi connectivity index (χ1) is 8.63. The van der Waals surface area contributed by atoms with Gasteiger partial charge in [0.05, 0.1) is 12.2 Å². The summed E-state index contributed by atoms with van der Waals surface area (Å²) in [6, 6.07) is 7.57. The zero-order valence-electron chi connectivity index (χ0n) is 9.80. The Hall–Kier alpha value is -1.59. The molecule has 0 spiro atoms. The van der Waals surface area contributed by atoms with E-state index < -0.39 is 0 Å². The normalized spacial score (nSPS) is 13.1. The largest absolute Gasteiger partial charge is 0.459 e. The molecule has 18 heavy (non-hydrogen) atoms. The van der Waals surface area contributed by atoms with Crippen LogP contribution < -0.4 is 5.73 Å². The predicted molar refractivity (Wildman–Crippen MR) is 73.2 cm³/mol. The van der Waals surface area contributed by atoms with Crippen molar-refractivity contribution in [1.82, 2.24) is 9.78 Å². The maximum atomic E-state index is 6.17. The zero-order valence-corrected chi connectivity index (χ0v) is 11.4. The van der Waals surface area contributed by atoms with Crippen molar-refractivity contribution in [2.45, 2.75) is 6.04 Å². The fourth-order valence-corrected chi connectivity index (χ4v) is 2.33. The number of aromatic nitrogens is 2. The van der Waals surface area contributed by atoms with Gasteiger partial charge in [0.1, 0.15) is 11.3 Å². The quantitative estimate of drug-likeness (QED) is 0.792. The SMILES string of the molecule is Cn1cc(C(N)c2cc3cc(Br)ccc3o2)cn1. The minimum absolute atomic E-state index is 0.287. The third-order valence-electron chi connectivity index (χ3n) is 2.89. The summed E-state index contributed by atoms with van der Waals surface area (Å²) in [5, 5.41) is 5.16. The molecule has 2 aromatic heterocycles. The van der Waals surface area contributed by atoms with E-state index in [2.05, 4.69) is 21.0 Å². The Morgan fingerprint density at radius 3 is 2.94 bits per heavy atom. The standard InChI is InChI=1S/C13H12BrN3O/c1-17-7-9(6-16-17)13(15)12-5-8-4-10(14)2-3-11(8)18-12/h2-7,13H,15H2,1H3. The number of furan rings is 1. The van der Waals surface area contributed by atoms with Gasteiger partial charge in [-0.1, -0.05) is 15.9 Å². The molecule has 1 aromatic carbocycles. The topological polar surface area (TPSA) is 57.0 Å². The Labute approximate surface area is 113 Å². The molecule has 3 rings (SSSR count). The van der Waals surface area contributed by atoms with Gasteiger partial charge in [0.25, 0.3) is 0 Å². The van der Waals surface area contributed by atoms with Crippen molar-refractivity contribution < 1.29 is 4.42 Å². The molecular formula is C13H12BrN3O. The number of fused-ring (bicyclic) bond motifs is 1. The van der Waals surface area contributed by atoms with Gasteiger partial charge in [0, 0.05) is 28.7 Å². The molecule has 0 saturated carbocycles. The minimum atomic E-state index is -0.287. The lowest BCUT2D eigenvalue weighted by Crippen LogP contribution is -2.09. The molecule has 0 fully saturated rings. The van der Waals surface area contributed by atoms with Gasteiger partial charge in [-0.15, -0.1) is 0 Å². The van der Waals surface area contributed by atoms with E-state index in [4.69, 9.17) is 10.2 Å². The molecule has 0 saturated heterocycles. The fourth-order valence-electron chi connectivity index (χ4n) is 1.95. The highest BCUT2D eigenvalue weighted by atomic mass is 79.9. The first kappa shape index (κ1) is 11.5. The van der Waals surface area contributed by atoms with Crippen molar-refractivity contribution in [3.63, 3.8) is 0 Å². The Morgan fingerprint density at radius 1 is 1.39 bits per heavy atom. The summed E-state index contributed by atoms with van der Waals surface area (Å²) in [5.41, 5.74) is 7.95. The molecule has 4 nitrogen and oxygen atoms in total. The minimum Gasteiger partial charge on any atom is -0.459 e. The Morgan fingerprint density at radius 2 is 2.22 bits per heavy atom. The number of rotatable bonds is 2. The van der Waals surface area contributed by atoms with E-state index in [1.165, 1.54) is 0 Å². The third-order valence-corrected chi connectivity index (χ3v) is 3.38. The van der Waals surface area contributed by atoms with Crippen LogP contribution in [0.3, 0.4) is 0 Å². The van der Waals surface area contributed by atoms with Gasteiger partial charge >= 0.3 is 0 Å². The number of benzene rings is 1. The van der Waals surface area contributed by atoms with Crippen molar-refractivity contribution >= 4 is 26.9 Å². The Bertz CT molecular complexity index is 701. The van der Waals surface area contributed by atoms with E-state index in [-0.39, 0.29) is 6.04 Å². The molecule has 0 aliphatic carbocycles. The molecular weight excluding hydrogens is 294 g/mol. The van der Waals surface area contributed by atoms with E-state index >= 15 is 0 Å². The molecule has 3 aromatic rings. The van der Waals surface area contributed by atoms with Crippen molar-refractivity contribution in [3.05, 3.63) is 52.5 Å². The predicted octanol–water partition coefficient (Wildman–Crippen LogP) is 2.98. The smallest absolute Gasteiger partial charge is 0.134 e. The van der Waals surface area contributed by atoms with Gasteiger partial charge in [-0.05, 0) is 24.3 Å². The highest BCUT2D eigenvalue weighted by molar-refractivity contribution is 9.10. The van der Waals surface area contributed by atoms with Crippen LogP contribution in [0, 0.1) is 0 Å². The van der Waals surface area contributed by atoms with Crippen LogP contribution in [0.1, 0.15) is 17.4 Å². The summed E-state index contributed by atoms with van der Waals surface area (Å²) in [7, 11) is 1.87. The van der Waals surface area contributed by atoms with Gasteiger partial charge in [0.2, 0.25) is 0 Å². The first-order valence-electron chi connectivity index (χ1n) is 5.56. The lowest BCUT2D eigenvalue weighted by Gasteiger charge is -2.04. The van der Waals surface area contributed by atoms with Crippen molar-refractivity contribution in [2.75, 3.05) is 0 Å². The summed E-state index contributed by atoms with van der Waals surface area (Å²) in [4.78, 5) is 0. The number of nitrogens with two attached hydrogens (primary N) is 1. The highest BCUT2D eigenvalue weighted by Crippen LogP contribution is 2.28. The van der Waals surface area contributed by atoms with Crippen LogP contribution in [0.5, 0.6) is 0 Å². The average molecular weight is 306 g/mol. The van der Waals surface area contributed by atoms with Crippen LogP contribution in [-0.2, 0) is 7.05 Å². The number of hydrogen-bond donors (Lipinski definition) is 1. The summed E-state index contributed by atoms with van der Waals surface area (Å²) in [6.45, 7) is 0. The van der Waals surface area contributed by atoms with E-state index in [0.29, 0.717) is 0 Å². The molecule has 0 aliphatic rings. The number of halogens is 1. The van der Waals surface area contributed by atoms with Crippen LogP contribution in [-0.4, -0.2) is 9.78 Å². The van der Waals surface area contributed by atoms with E-state index in [1.807, 2.05) is 37.5 Å². The van der Waals surface area contributed by atoms with Crippen LogP contribution in [0.2, 0.25) is 0 Å². The Balaban J connectivity index is 2.03. The van der Waals surface area contributed by atoms with Gasteiger partial charge in [-0.2, -0.15) is 5.10 Å². The second-order valence-corrected chi connectivity index (χ2v) is 5.17. The molecule has 2 heterocycles. The molecule has 0 aliphatic heterocycles. The van der Waals surface area contributed by atoms with Gasteiger partial charge in [-0.25, -0.2) is 0 Å². The number of aryl methyl sites for hydroxylation is 1. The second-order valence-electron chi connectivity index (χ2n) is 4.26. The van der Waals surface area contributed by atoms with Crippen molar-refractivity contribution in [3.8, 4) is 0 Å². The third kappa shape index (κ3) is 1.95. The van der Waals surface area contributed by atoms with Gasteiger partial charge in [-0.3, -0.25) is 4.68 Å². The van der Waals surface area contributed by atoms with Crippen LogP contribution >= 0.6 is 15.9 Å². The van der Waals surface area contributed by atoms with E-state index in [0.717, 1.165) is 26.8 Å². The van der Waals surface area contributed by atoms with E-state index in [9.17, 15) is 0 Å². The van der Waals surface area contributed by atoms with Crippen molar-refractivity contribution in [2.24, 2.45) is 12.8 Å². The molecule has 0 bridgehead atoms. The highest BCUT2D eigenvalue weighted by Gasteiger charge is 2.15. The first-order valence-corrected chi connectivity index (χ1v) is 6.36. The number of nitrogens with zero attached hydrogens (tertiary/aromatic N) is 2. The summed E-state index contributed by atoms with van der Waals surface area (Å²) in [5.74, 6) is 0.746. The molecule has 5 heteroatoms. The molecule has 0 radical (unpaired) electrons. The lowest BCUT2D eigenvalue weighted by molar-refractivity contribution is 0.525. The molecule has 1 unspecified atom stereocenters. The monoisotopic (exact) mass is 305 g/mol. The van der Waals surface area contributed by atoms with Crippen LogP contribution in [0.15, 0.2) is 45.5 Å². The summed E-state index contributed by atoms with van der Waals surface area (Å²) < 4.78 is 8.52. The summed E-state index contributed by atoms with van der Waals surface area (Å²) >= 11 is 3.44. The zero-order chi connectivity index (χ0) is 12.7. The van der Waals surface area contributed by atoms with Gasteiger partial charge < -0.3 is 10.2 Å². The van der Waals surface area contributed by atoms with Crippen LogP contribution in [0.4, 0.5) is 0 Å². The maximum absolute atomic E-state index is 6.17. The molecule has 2 N–H and O–H groups in total. The lowest BCUT2D eigenvalue weighted by atomic mass is 10.1. The molecule has 0 amide bonds. The van der Waals surface area contributed by atoms with Gasteiger partial charge in [0.15, 0.2) is 0 Å². The fraction of sp³-hybridized carbons (Fsp3) is 0.154. The second kappa shape index (κ2) is 4.26. The summed E-state index contributed by atoms with van der Waals surface area (Å²) in [6.07, 6.45) is 3.65. The molecule has 92 valence electrons. The molecule has 1 atom stereocenters. The van der Waals surface area contributed by atoms with Crippen molar-refractivity contribution in [1.29, 1.82) is 0 Å². The van der Waals surface area contributed by atoms with Crippen LogP contribution in [0.25, 0.3) is 11.0 Å². The number of hydrogen-bond acceptors (Lipinski definition) is 3. The Kier molecular flexibility index (Phi) is 2.72.